The summed E-state index contributed by atoms with van der Waals surface area (Å²) in [5, 5.41) is 4.09. The first-order valence-electron chi connectivity index (χ1n) is 9.15. The molecule has 1 aliphatic heterocycles. The van der Waals surface area contributed by atoms with Gasteiger partial charge in [0.2, 0.25) is 5.91 Å². The summed E-state index contributed by atoms with van der Waals surface area (Å²) >= 11 is 1.66. The summed E-state index contributed by atoms with van der Waals surface area (Å²) in [6.45, 7) is 4.87. The Kier molecular flexibility index (Phi) is 4.60. The molecule has 1 saturated heterocycles. The highest BCUT2D eigenvalue weighted by Gasteiger charge is 2.23. The molecule has 1 aliphatic carbocycles. The maximum Gasteiger partial charge on any atom is 0.262 e. The number of aromatic nitrogens is 2. The maximum atomic E-state index is 12.9. The van der Waals surface area contributed by atoms with Gasteiger partial charge in [-0.3, -0.25) is 14.2 Å². The molecule has 0 radical (unpaired) electrons. The number of hydrogen-bond donors (Lipinski definition) is 1. The zero-order chi connectivity index (χ0) is 17.4. The Bertz CT molecular complexity index is 857. The smallest absolute Gasteiger partial charge is 0.262 e. The van der Waals surface area contributed by atoms with Gasteiger partial charge in [-0.1, -0.05) is 0 Å². The van der Waals surface area contributed by atoms with Crippen LogP contribution in [-0.4, -0.2) is 46.0 Å². The number of nitrogens with one attached hydrogen (secondary N) is 1. The van der Waals surface area contributed by atoms with Gasteiger partial charge in [0, 0.05) is 43.5 Å². The Morgan fingerprint density at radius 1 is 1.40 bits per heavy atom. The summed E-state index contributed by atoms with van der Waals surface area (Å²) < 4.78 is 1.62. The highest BCUT2D eigenvalue weighted by molar-refractivity contribution is 7.18. The molecular weight excluding hydrogens is 336 g/mol. The van der Waals surface area contributed by atoms with Crippen molar-refractivity contribution in [3.63, 3.8) is 0 Å². The molecule has 25 heavy (non-hydrogen) atoms. The number of thiophene rings is 1. The second-order valence-electron chi connectivity index (χ2n) is 7.02. The molecule has 2 aromatic rings. The second kappa shape index (κ2) is 6.88. The summed E-state index contributed by atoms with van der Waals surface area (Å²) in [5.41, 5.74) is 1.23. The molecule has 0 spiro atoms. The van der Waals surface area contributed by atoms with Crippen LogP contribution in [0.15, 0.2) is 11.1 Å². The number of amides is 1. The minimum Gasteiger partial charge on any atom is -0.337 e. The minimum absolute atomic E-state index is 0.0190. The van der Waals surface area contributed by atoms with Crippen molar-refractivity contribution in [2.45, 2.75) is 51.6 Å². The van der Waals surface area contributed by atoms with E-state index in [4.69, 9.17) is 0 Å². The zero-order valence-electron chi connectivity index (χ0n) is 14.6. The number of carbonyl (C=O) groups excluding carboxylic acids is 1. The van der Waals surface area contributed by atoms with Crippen LogP contribution in [0.2, 0.25) is 0 Å². The Morgan fingerprint density at radius 2 is 2.24 bits per heavy atom. The van der Waals surface area contributed by atoms with Crippen molar-refractivity contribution in [2.75, 3.05) is 19.6 Å². The molecule has 0 saturated carbocycles. The lowest BCUT2D eigenvalue weighted by Crippen LogP contribution is -2.52. The SMILES string of the molecule is C[C@H]1CNCCN1C(=O)CCn1cnc2sc3c(c2c1=O)CCCC3. The van der Waals surface area contributed by atoms with E-state index in [9.17, 15) is 9.59 Å². The third kappa shape index (κ3) is 3.11. The first-order chi connectivity index (χ1) is 12.1. The van der Waals surface area contributed by atoms with Gasteiger partial charge in [0.1, 0.15) is 4.83 Å². The molecule has 4 rings (SSSR count). The second-order valence-corrected chi connectivity index (χ2v) is 8.11. The van der Waals surface area contributed by atoms with Crippen LogP contribution >= 0.6 is 11.3 Å². The van der Waals surface area contributed by atoms with Crippen LogP contribution in [0.5, 0.6) is 0 Å². The van der Waals surface area contributed by atoms with Crippen molar-refractivity contribution in [2.24, 2.45) is 0 Å². The van der Waals surface area contributed by atoms with E-state index in [1.807, 2.05) is 4.90 Å². The molecular formula is C18H24N4O2S. The molecule has 1 amide bonds. The summed E-state index contributed by atoms with van der Waals surface area (Å²) in [6, 6.07) is 0.211. The van der Waals surface area contributed by atoms with E-state index >= 15 is 0 Å². The largest absolute Gasteiger partial charge is 0.337 e. The first-order valence-corrected chi connectivity index (χ1v) is 9.96. The van der Waals surface area contributed by atoms with Gasteiger partial charge in [-0.2, -0.15) is 0 Å². The third-order valence-electron chi connectivity index (χ3n) is 5.33. The number of piperazine rings is 1. The van der Waals surface area contributed by atoms with Crippen LogP contribution in [0.4, 0.5) is 0 Å². The quantitative estimate of drug-likeness (QED) is 0.902. The lowest BCUT2D eigenvalue weighted by molar-refractivity contribution is -0.134. The molecule has 0 bridgehead atoms. The summed E-state index contributed by atoms with van der Waals surface area (Å²) in [4.78, 5) is 34.0. The van der Waals surface area contributed by atoms with Crippen LogP contribution in [0.1, 0.15) is 36.6 Å². The van der Waals surface area contributed by atoms with Crippen LogP contribution in [0.25, 0.3) is 10.2 Å². The minimum atomic E-state index is 0.0190. The highest BCUT2D eigenvalue weighted by Crippen LogP contribution is 2.33. The molecule has 2 aromatic heterocycles. The summed E-state index contributed by atoms with van der Waals surface area (Å²) in [5.74, 6) is 0.119. The van der Waals surface area contributed by atoms with E-state index in [1.165, 1.54) is 16.9 Å². The Labute approximate surface area is 150 Å². The number of aryl methyl sites for hydroxylation is 3. The molecule has 134 valence electrons. The van der Waals surface area contributed by atoms with E-state index in [-0.39, 0.29) is 17.5 Å². The molecule has 7 heteroatoms. The van der Waals surface area contributed by atoms with Gasteiger partial charge in [0.25, 0.3) is 5.56 Å². The number of fused-ring (bicyclic) bond motifs is 3. The normalized spacial score (nSPS) is 20.7. The van der Waals surface area contributed by atoms with Crippen molar-refractivity contribution in [1.82, 2.24) is 19.8 Å². The topological polar surface area (TPSA) is 67.2 Å². The predicted molar refractivity (Wildman–Crippen MR) is 99.2 cm³/mol. The van der Waals surface area contributed by atoms with Gasteiger partial charge in [-0.05, 0) is 38.2 Å². The van der Waals surface area contributed by atoms with Crippen LogP contribution in [-0.2, 0) is 24.2 Å². The Balaban J connectivity index is 1.54. The maximum absolute atomic E-state index is 12.9. The van der Waals surface area contributed by atoms with Gasteiger partial charge in [-0.15, -0.1) is 11.3 Å². The van der Waals surface area contributed by atoms with Gasteiger partial charge in [0.05, 0.1) is 11.7 Å². The number of rotatable bonds is 3. The third-order valence-corrected chi connectivity index (χ3v) is 6.53. The van der Waals surface area contributed by atoms with Gasteiger partial charge in [-0.25, -0.2) is 4.98 Å². The molecule has 1 N–H and O–H groups in total. The summed E-state index contributed by atoms with van der Waals surface area (Å²) in [6.07, 6.45) is 6.35. The average Bonchev–Trinajstić information content (AvgIpc) is 3.00. The zero-order valence-corrected chi connectivity index (χ0v) is 15.4. The van der Waals surface area contributed by atoms with Crippen molar-refractivity contribution in [1.29, 1.82) is 0 Å². The van der Waals surface area contributed by atoms with E-state index < -0.39 is 0 Å². The van der Waals surface area contributed by atoms with Crippen molar-refractivity contribution in [3.8, 4) is 0 Å². The monoisotopic (exact) mass is 360 g/mol. The van der Waals surface area contributed by atoms with Crippen LogP contribution < -0.4 is 10.9 Å². The first kappa shape index (κ1) is 16.7. The molecule has 2 aliphatic rings. The van der Waals surface area contributed by atoms with E-state index in [0.717, 1.165) is 49.1 Å². The molecule has 0 aromatic carbocycles. The number of carbonyl (C=O) groups is 1. The molecule has 6 nitrogen and oxygen atoms in total. The Morgan fingerprint density at radius 3 is 3.08 bits per heavy atom. The standard InChI is InChI=1S/C18H24N4O2S/c1-12-10-19-7-9-22(12)15(23)6-8-21-11-20-17-16(18(21)24)13-4-2-3-5-14(13)25-17/h11-12,19H,2-10H2,1H3/t12-/m0/s1. The van der Waals surface area contributed by atoms with Crippen LogP contribution in [0, 0.1) is 0 Å². The molecule has 0 unspecified atom stereocenters. The van der Waals surface area contributed by atoms with Gasteiger partial charge in [0.15, 0.2) is 0 Å². The lowest BCUT2D eigenvalue weighted by Gasteiger charge is -2.34. The van der Waals surface area contributed by atoms with E-state index in [1.54, 1.807) is 22.2 Å². The molecule has 1 atom stereocenters. The Hall–Kier alpha value is -1.73. The molecule has 3 heterocycles. The van der Waals surface area contributed by atoms with Gasteiger partial charge >= 0.3 is 0 Å². The summed E-state index contributed by atoms with van der Waals surface area (Å²) in [7, 11) is 0. The number of hydrogen-bond acceptors (Lipinski definition) is 5. The van der Waals surface area contributed by atoms with Gasteiger partial charge < -0.3 is 10.2 Å². The lowest BCUT2D eigenvalue weighted by atomic mass is 9.97. The predicted octanol–water partition coefficient (Wildman–Crippen LogP) is 1.55. The van der Waals surface area contributed by atoms with Crippen LogP contribution in [0.3, 0.4) is 0 Å². The molecule has 1 fully saturated rings. The van der Waals surface area contributed by atoms with E-state index in [0.29, 0.717) is 13.0 Å². The fraction of sp³-hybridized carbons (Fsp3) is 0.611. The fourth-order valence-corrected chi connectivity index (χ4v) is 5.13. The van der Waals surface area contributed by atoms with Crippen molar-refractivity contribution >= 4 is 27.5 Å². The van der Waals surface area contributed by atoms with Crippen molar-refractivity contribution in [3.05, 3.63) is 27.1 Å². The average molecular weight is 360 g/mol. The highest BCUT2D eigenvalue weighted by atomic mass is 32.1. The number of nitrogens with zero attached hydrogens (tertiary/aromatic N) is 3. The van der Waals surface area contributed by atoms with E-state index in [2.05, 4.69) is 17.2 Å². The van der Waals surface area contributed by atoms with Crippen molar-refractivity contribution < 1.29 is 4.79 Å². The fourth-order valence-electron chi connectivity index (χ4n) is 3.91.